The molecule has 0 radical (unpaired) electrons. The van der Waals surface area contributed by atoms with Gasteiger partial charge in [-0.25, -0.2) is 0 Å². The maximum atomic E-state index is 5.41. The van der Waals surface area contributed by atoms with Crippen LogP contribution in [0.4, 0.5) is 0 Å². The molecule has 0 rings (SSSR count). The Balaban J connectivity index is 2.79. The van der Waals surface area contributed by atoms with E-state index in [1.54, 1.807) is 0 Å². The summed E-state index contributed by atoms with van der Waals surface area (Å²) in [7, 11) is 0. The van der Waals surface area contributed by atoms with Crippen LogP contribution < -0.4 is 0 Å². The Morgan fingerprint density at radius 1 is 1.00 bits per heavy atom. The highest BCUT2D eigenvalue weighted by Crippen LogP contribution is 2.04. The van der Waals surface area contributed by atoms with Gasteiger partial charge in [-0.1, -0.05) is 45.1 Å². The van der Waals surface area contributed by atoms with Crippen LogP contribution >= 0.6 is 0 Å². The molecule has 13 heavy (non-hydrogen) atoms. The molecule has 0 N–H and O–H groups in total. The number of hydrogen-bond donors (Lipinski definition) is 0. The molecule has 1 heteroatoms. The molecule has 0 unspecified atom stereocenters. The van der Waals surface area contributed by atoms with E-state index in [-0.39, 0.29) is 0 Å². The fourth-order valence-corrected chi connectivity index (χ4v) is 1.25. The Hall–Kier alpha value is -0.300. The van der Waals surface area contributed by atoms with Crippen molar-refractivity contribution >= 4 is 0 Å². The minimum atomic E-state index is 0.846. The van der Waals surface area contributed by atoms with Gasteiger partial charge < -0.3 is 4.74 Å². The van der Waals surface area contributed by atoms with E-state index >= 15 is 0 Å². The summed E-state index contributed by atoms with van der Waals surface area (Å²) < 4.78 is 5.41. The van der Waals surface area contributed by atoms with Crippen molar-refractivity contribution in [1.29, 1.82) is 0 Å². The van der Waals surface area contributed by atoms with Gasteiger partial charge in [0.05, 0.1) is 0 Å². The summed E-state index contributed by atoms with van der Waals surface area (Å²) in [6.07, 6.45) is 10.9. The average Bonchev–Trinajstić information content (AvgIpc) is 2.16. The third-order valence-corrected chi connectivity index (χ3v) is 2.11. The summed E-state index contributed by atoms with van der Waals surface area (Å²) in [4.78, 5) is 0. The first-order valence-corrected chi connectivity index (χ1v) is 5.60. The van der Waals surface area contributed by atoms with Crippen molar-refractivity contribution in [2.75, 3.05) is 13.2 Å². The fourth-order valence-electron chi connectivity index (χ4n) is 1.25. The lowest BCUT2D eigenvalue weighted by atomic mass is 10.1. The van der Waals surface area contributed by atoms with Crippen LogP contribution in [-0.2, 0) is 4.74 Å². The third-order valence-electron chi connectivity index (χ3n) is 2.11. The molecule has 0 aromatic heterocycles. The monoisotopic (exact) mass is 184 g/mol. The molecule has 0 saturated heterocycles. The summed E-state index contributed by atoms with van der Waals surface area (Å²) in [5.74, 6) is 0. The zero-order valence-corrected chi connectivity index (χ0v) is 9.06. The molecule has 0 aromatic carbocycles. The van der Waals surface area contributed by atoms with Crippen molar-refractivity contribution < 1.29 is 4.74 Å². The zero-order chi connectivity index (χ0) is 9.78. The van der Waals surface area contributed by atoms with Gasteiger partial charge in [0.25, 0.3) is 0 Å². The lowest BCUT2D eigenvalue weighted by molar-refractivity contribution is 0.134. The van der Waals surface area contributed by atoms with Crippen LogP contribution in [0.2, 0.25) is 0 Å². The van der Waals surface area contributed by atoms with Crippen LogP contribution in [0.1, 0.15) is 51.9 Å². The summed E-state index contributed by atoms with van der Waals surface area (Å²) in [6.45, 7) is 7.67. The van der Waals surface area contributed by atoms with Crippen LogP contribution in [-0.4, -0.2) is 13.2 Å². The zero-order valence-electron chi connectivity index (χ0n) is 9.06. The van der Waals surface area contributed by atoms with Crippen LogP contribution in [0.25, 0.3) is 0 Å². The Morgan fingerprint density at radius 2 is 1.69 bits per heavy atom. The topological polar surface area (TPSA) is 9.23 Å². The summed E-state index contributed by atoms with van der Waals surface area (Å²) in [6, 6.07) is 0. The standard InChI is InChI=1S/C12H24O/c1-3-5-7-8-9-10-12-13-11-6-4-2/h4H,2-3,5-12H2,1H3. The van der Waals surface area contributed by atoms with Crippen LogP contribution in [0, 0.1) is 0 Å². The second kappa shape index (κ2) is 11.7. The highest BCUT2D eigenvalue weighted by atomic mass is 16.5. The predicted octanol–water partition coefficient (Wildman–Crippen LogP) is 3.94. The van der Waals surface area contributed by atoms with Crippen molar-refractivity contribution in [2.45, 2.75) is 51.9 Å². The molecule has 0 bridgehead atoms. The van der Waals surface area contributed by atoms with Gasteiger partial charge in [0, 0.05) is 13.2 Å². The molecule has 0 saturated carbocycles. The molecule has 1 nitrogen and oxygen atoms in total. The average molecular weight is 184 g/mol. The van der Waals surface area contributed by atoms with Crippen molar-refractivity contribution in [3.8, 4) is 0 Å². The predicted molar refractivity (Wildman–Crippen MR) is 59.0 cm³/mol. The van der Waals surface area contributed by atoms with E-state index in [9.17, 15) is 0 Å². The van der Waals surface area contributed by atoms with E-state index in [4.69, 9.17) is 4.74 Å². The lowest BCUT2D eigenvalue weighted by Gasteiger charge is -2.02. The SMILES string of the molecule is C=CCCOCCCCCCCC. The van der Waals surface area contributed by atoms with E-state index in [1.807, 2.05) is 6.08 Å². The molecule has 0 amide bonds. The highest BCUT2D eigenvalue weighted by Gasteiger charge is 1.90. The van der Waals surface area contributed by atoms with Crippen molar-refractivity contribution in [3.63, 3.8) is 0 Å². The highest BCUT2D eigenvalue weighted by molar-refractivity contribution is 4.64. The van der Waals surface area contributed by atoms with Crippen LogP contribution in [0.5, 0.6) is 0 Å². The van der Waals surface area contributed by atoms with Crippen LogP contribution in [0.15, 0.2) is 12.7 Å². The quantitative estimate of drug-likeness (QED) is 0.369. The molecule has 0 atom stereocenters. The van der Waals surface area contributed by atoms with Crippen molar-refractivity contribution in [1.82, 2.24) is 0 Å². The first-order valence-electron chi connectivity index (χ1n) is 5.60. The molecule has 0 aliphatic heterocycles. The van der Waals surface area contributed by atoms with Gasteiger partial charge in [-0.15, -0.1) is 6.58 Å². The second-order valence-electron chi connectivity index (χ2n) is 3.46. The van der Waals surface area contributed by atoms with E-state index in [1.165, 1.54) is 38.5 Å². The summed E-state index contributed by atoms with van der Waals surface area (Å²) in [5, 5.41) is 0. The van der Waals surface area contributed by atoms with Gasteiger partial charge >= 0.3 is 0 Å². The molecule has 78 valence electrons. The van der Waals surface area contributed by atoms with Gasteiger partial charge in [-0.3, -0.25) is 0 Å². The maximum Gasteiger partial charge on any atom is 0.0500 e. The van der Waals surface area contributed by atoms with Gasteiger partial charge in [-0.2, -0.15) is 0 Å². The van der Waals surface area contributed by atoms with Gasteiger partial charge in [0.1, 0.15) is 0 Å². The number of unbranched alkanes of at least 4 members (excludes halogenated alkanes) is 5. The van der Waals surface area contributed by atoms with Crippen molar-refractivity contribution in [3.05, 3.63) is 12.7 Å². The Labute approximate surface area is 83.2 Å². The molecule has 0 aliphatic carbocycles. The first kappa shape index (κ1) is 12.7. The molecule has 0 fully saturated rings. The largest absolute Gasteiger partial charge is 0.381 e. The Kier molecular flexibility index (Phi) is 11.4. The molecular weight excluding hydrogens is 160 g/mol. The summed E-state index contributed by atoms with van der Waals surface area (Å²) >= 11 is 0. The maximum absolute atomic E-state index is 5.41. The van der Waals surface area contributed by atoms with E-state index in [0.717, 1.165) is 19.6 Å². The van der Waals surface area contributed by atoms with E-state index < -0.39 is 0 Å². The van der Waals surface area contributed by atoms with E-state index in [2.05, 4.69) is 13.5 Å². The Morgan fingerprint density at radius 3 is 2.38 bits per heavy atom. The minimum absolute atomic E-state index is 0.846. The molecular formula is C12H24O. The third kappa shape index (κ3) is 11.7. The number of ether oxygens (including phenoxy) is 1. The van der Waals surface area contributed by atoms with Gasteiger partial charge in [-0.05, 0) is 12.8 Å². The minimum Gasteiger partial charge on any atom is -0.381 e. The number of rotatable bonds is 10. The molecule has 0 aromatic rings. The smallest absolute Gasteiger partial charge is 0.0500 e. The molecule has 0 aliphatic rings. The van der Waals surface area contributed by atoms with Crippen molar-refractivity contribution in [2.24, 2.45) is 0 Å². The fraction of sp³-hybridized carbons (Fsp3) is 0.833. The van der Waals surface area contributed by atoms with Crippen LogP contribution in [0.3, 0.4) is 0 Å². The molecule has 0 heterocycles. The summed E-state index contributed by atoms with van der Waals surface area (Å²) in [5.41, 5.74) is 0. The van der Waals surface area contributed by atoms with Gasteiger partial charge in [0.2, 0.25) is 0 Å². The molecule has 0 spiro atoms. The lowest BCUT2D eigenvalue weighted by Crippen LogP contribution is -1.95. The second-order valence-corrected chi connectivity index (χ2v) is 3.46. The first-order chi connectivity index (χ1) is 6.41. The van der Waals surface area contributed by atoms with Gasteiger partial charge in [0.15, 0.2) is 0 Å². The normalized spacial score (nSPS) is 10.2. The number of hydrogen-bond acceptors (Lipinski definition) is 1. The van der Waals surface area contributed by atoms with E-state index in [0.29, 0.717) is 0 Å². The Bertz CT molecular complexity index is 99.3.